The molecule has 0 saturated carbocycles. The molecule has 0 radical (unpaired) electrons. The molecule has 9 nitrogen and oxygen atoms in total. The Morgan fingerprint density at radius 1 is 1.07 bits per heavy atom. The molecule has 0 spiro atoms. The fraction of sp³-hybridized carbons (Fsp3) is 0.190. The van der Waals surface area contributed by atoms with Gasteiger partial charge in [0.2, 0.25) is 0 Å². The summed E-state index contributed by atoms with van der Waals surface area (Å²) in [5.74, 6) is -1.69. The second-order valence-electron chi connectivity index (χ2n) is 6.72. The fourth-order valence-electron chi connectivity index (χ4n) is 2.92. The van der Waals surface area contributed by atoms with Crippen LogP contribution in [0, 0.1) is 13.8 Å². The van der Waals surface area contributed by atoms with Crippen molar-refractivity contribution in [3.05, 3.63) is 69.6 Å². The zero-order chi connectivity index (χ0) is 21.8. The fourth-order valence-corrected chi connectivity index (χ4v) is 2.92. The summed E-state index contributed by atoms with van der Waals surface area (Å²) in [4.78, 5) is 48.5. The Balaban J connectivity index is 1.63. The first-order valence-corrected chi connectivity index (χ1v) is 9.07. The van der Waals surface area contributed by atoms with Crippen molar-refractivity contribution in [1.82, 2.24) is 15.1 Å². The number of ether oxygens (including phenoxy) is 1. The number of fused-ring (bicyclic) bond motifs is 1. The molecule has 0 aliphatic rings. The maximum Gasteiger partial charge on any atom is 0.359 e. The topological polar surface area (TPSA) is 119 Å². The van der Waals surface area contributed by atoms with Gasteiger partial charge in [0.25, 0.3) is 11.5 Å². The van der Waals surface area contributed by atoms with E-state index >= 15 is 0 Å². The van der Waals surface area contributed by atoms with Crippen molar-refractivity contribution in [1.29, 1.82) is 0 Å². The number of anilines is 1. The van der Waals surface area contributed by atoms with Gasteiger partial charge in [-0.2, -0.15) is 5.10 Å². The number of urea groups is 1. The number of rotatable bonds is 4. The third kappa shape index (κ3) is 4.52. The highest BCUT2D eigenvalue weighted by atomic mass is 16.5. The van der Waals surface area contributed by atoms with Crippen LogP contribution in [0.5, 0.6) is 0 Å². The van der Waals surface area contributed by atoms with E-state index in [2.05, 4.69) is 15.7 Å². The summed E-state index contributed by atoms with van der Waals surface area (Å²) >= 11 is 0. The Kier molecular flexibility index (Phi) is 5.91. The molecule has 3 rings (SSSR count). The number of aryl methyl sites for hydroxylation is 3. The third-order valence-electron chi connectivity index (χ3n) is 4.37. The molecular weight excluding hydrogens is 388 g/mol. The van der Waals surface area contributed by atoms with Crippen LogP contribution < -0.4 is 16.2 Å². The first-order valence-electron chi connectivity index (χ1n) is 9.07. The molecule has 9 heteroatoms. The molecule has 30 heavy (non-hydrogen) atoms. The zero-order valence-electron chi connectivity index (χ0n) is 16.7. The number of carbonyl (C=O) groups is 3. The maximum atomic E-state index is 12.4. The Hall–Kier alpha value is -4.01. The minimum Gasteiger partial charge on any atom is -0.451 e. The number of esters is 1. The summed E-state index contributed by atoms with van der Waals surface area (Å²) in [6.45, 7) is 3.08. The molecule has 2 N–H and O–H groups in total. The Labute approximate surface area is 171 Å². The van der Waals surface area contributed by atoms with Crippen molar-refractivity contribution in [2.75, 3.05) is 11.9 Å². The Morgan fingerprint density at radius 3 is 2.47 bits per heavy atom. The smallest absolute Gasteiger partial charge is 0.359 e. The van der Waals surface area contributed by atoms with E-state index in [1.165, 1.54) is 7.05 Å². The van der Waals surface area contributed by atoms with Crippen molar-refractivity contribution < 1.29 is 19.1 Å². The summed E-state index contributed by atoms with van der Waals surface area (Å²) in [7, 11) is 1.41. The lowest BCUT2D eigenvalue weighted by Gasteiger charge is -2.10. The third-order valence-corrected chi connectivity index (χ3v) is 4.37. The van der Waals surface area contributed by atoms with Crippen LogP contribution in [0.15, 0.2) is 47.3 Å². The molecule has 0 aliphatic carbocycles. The maximum absolute atomic E-state index is 12.4. The number of nitrogens with zero attached hydrogens (tertiary/aromatic N) is 2. The molecule has 0 bridgehead atoms. The highest BCUT2D eigenvalue weighted by Gasteiger charge is 2.19. The number of carbonyl (C=O) groups excluding carboxylic acids is 3. The van der Waals surface area contributed by atoms with Gasteiger partial charge in [0.05, 0.1) is 5.39 Å². The molecule has 0 fully saturated rings. The lowest BCUT2D eigenvalue weighted by molar-refractivity contribution is -0.123. The van der Waals surface area contributed by atoms with Crippen molar-refractivity contribution in [3.63, 3.8) is 0 Å². The van der Waals surface area contributed by atoms with E-state index in [1.54, 1.807) is 30.3 Å². The second-order valence-corrected chi connectivity index (χ2v) is 6.72. The summed E-state index contributed by atoms with van der Waals surface area (Å²) < 4.78 is 6.00. The molecule has 2 aromatic carbocycles. The minimum absolute atomic E-state index is 0.0970. The van der Waals surface area contributed by atoms with Gasteiger partial charge in [-0.1, -0.05) is 35.9 Å². The summed E-state index contributed by atoms with van der Waals surface area (Å²) in [5.41, 5.74) is 1.99. The van der Waals surface area contributed by atoms with E-state index in [1.807, 2.05) is 26.0 Å². The molecule has 0 unspecified atom stereocenters. The standard InChI is InChI=1S/C21H20N4O5/c1-12-8-9-16(13(2)10-12)22-21(29)23-17(26)11-30-20(28)18-14-6-4-5-7-15(14)19(27)25(3)24-18/h4-10H,11H2,1-3H3,(H2,22,23,26,29). The van der Waals surface area contributed by atoms with Crippen LogP contribution >= 0.6 is 0 Å². The number of imide groups is 1. The van der Waals surface area contributed by atoms with Crippen LogP contribution in [0.1, 0.15) is 21.6 Å². The molecule has 0 atom stereocenters. The molecule has 0 aliphatic heterocycles. The van der Waals surface area contributed by atoms with Gasteiger partial charge < -0.3 is 10.1 Å². The monoisotopic (exact) mass is 408 g/mol. The normalized spacial score (nSPS) is 10.5. The molecule has 3 aromatic rings. The highest BCUT2D eigenvalue weighted by Crippen LogP contribution is 2.16. The van der Waals surface area contributed by atoms with E-state index in [9.17, 15) is 19.2 Å². The van der Waals surface area contributed by atoms with E-state index in [0.717, 1.165) is 15.8 Å². The van der Waals surface area contributed by atoms with Crippen LogP contribution in [0.25, 0.3) is 10.8 Å². The van der Waals surface area contributed by atoms with E-state index in [-0.39, 0.29) is 11.3 Å². The van der Waals surface area contributed by atoms with Gasteiger partial charge >= 0.3 is 12.0 Å². The molecular formula is C21H20N4O5. The van der Waals surface area contributed by atoms with Gasteiger partial charge in [-0.3, -0.25) is 14.9 Å². The number of hydrogen-bond donors (Lipinski definition) is 2. The summed E-state index contributed by atoms with van der Waals surface area (Å²) in [5, 5.41) is 9.21. The highest BCUT2D eigenvalue weighted by molar-refractivity contribution is 6.04. The predicted molar refractivity (Wildman–Crippen MR) is 110 cm³/mol. The number of nitrogens with one attached hydrogen (secondary N) is 2. The van der Waals surface area contributed by atoms with Crippen molar-refractivity contribution >= 4 is 34.4 Å². The van der Waals surface area contributed by atoms with Crippen LogP contribution in [-0.4, -0.2) is 34.3 Å². The number of amides is 3. The van der Waals surface area contributed by atoms with Crippen molar-refractivity contribution in [2.45, 2.75) is 13.8 Å². The average Bonchev–Trinajstić information content (AvgIpc) is 2.71. The predicted octanol–water partition coefficient (Wildman–Crippen LogP) is 2.06. The van der Waals surface area contributed by atoms with Gasteiger partial charge in [-0.25, -0.2) is 14.3 Å². The number of aromatic nitrogens is 2. The lowest BCUT2D eigenvalue weighted by Crippen LogP contribution is -2.37. The van der Waals surface area contributed by atoms with Crippen molar-refractivity contribution in [3.8, 4) is 0 Å². The molecule has 154 valence electrons. The molecule has 0 saturated heterocycles. The van der Waals surface area contributed by atoms with E-state index < -0.39 is 24.5 Å². The van der Waals surface area contributed by atoms with Gasteiger partial charge in [-0.05, 0) is 31.5 Å². The van der Waals surface area contributed by atoms with Gasteiger partial charge in [0, 0.05) is 18.1 Å². The van der Waals surface area contributed by atoms with Crippen molar-refractivity contribution in [2.24, 2.45) is 7.05 Å². The van der Waals surface area contributed by atoms with E-state index in [4.69, 9.17) is 4.74 Å². The largest absolute Gasteiger partial charge is 0.451 e. The zero-order valence-corrected chi connectivity index (χ0v) is 16.7. The SMILES string of the molecule is Cc1ccc(NC(=O)NC(=O)COC(=O)c2nn(C)c(=O)c3ccccc23)c(C)c1. The first-order chi connectivity index (χ1) is 14.3. The van der Waals surface area contributed by atoms with Crippen LogP contribution in [-0.2, 0) is 16.6 Å². The Bertz CT molecular complexity index is 1220. The molecule has 1 heterocycles. The van der Waals surface area contributed by atoms with Gasteiger partial charge in [0.15, 0.2) is 12.3 Å². The van der Waals surface area contributed by atoms with Gasteiger partial charge in [0.1, 0.15) is 0 Å². The van der Waals surface area contributed by atoms with Crippen LogP contribution in [0.2, 0.25) is 0 Å². The Morgan fingerprint density at radius 2 is 1.77 bits per heavy atom. The van der Waals surface area contributed by atoms with Gasteiger partial charge in [-0.15, -0.1) is 0 Å². The van der Waals surface area contributed by atoms with Crippen LogP contribution in [0.4, 0.5) is 10.5 Å². The number of hydrogen-bond acceptors (Lipinski definition) is 6. The summed E-state index contributed by atoms with van der Waals surface area (Å²) in [6, 6.07) is 11.2. The minimum atomic E-state index is -0.883. The van der Waals surface area contributed by atoms with E-state index in [0.29, 0.717) is 16.5 Å². The summed E-state index contributed by atoms with van der Waals surface area (Å²) in [6.07, 6.45) is 0. The number of benzene rings is 2. The first kappa shape index (κ1) is 20.7. The average molecular weight is 408 g/mol. The lowest BCUT2D eigenvalue weighted by atomic mass is 10.1. The van der Waals surface area contributed by atoms with Crippen LogP contribution in [0.3, 0.4) is 0 Å². The molecule has 1 aromatic heterocycles. The second kappa shape index (κ2) is 8.56. The quantitative estimate of drug-likeness (QED) is 0.638. The molecule has 3 amide bonds.